The first kappa shape index (κ1) is 16.1. The van der Waals surface area contributed by atoms with Gasteiger partial charge in [-0.1, -0.05) is 13.8 Å². The van der Waals surface area contributed by atoms with E-state index >= 15 is 0 Å². The average Bonchev–Trinajstić information content (AvgIpc) is 2.45. The number of hydrogen-bond acceptors (Lipinski definition) is 3. The van der Waals surface area contributed by atoms with Gasteiger partial charge in [0.05, 0.1) is 5.92 Å². The van der Waals surface area contributed by atoms with E-state index in [-0.39, 0.29) is 13.0 Å². The molecule has 2 heterocycles. The van der Waals surface area contributed by atoms with Crippen molar-refractivity contribution in [2.75, 3.05) is 18.0 Å². The third kappa shape index (κ3) is 4.59. The molecule has 1 saturated heterocycles. The van der Waals surface area contributed by atoms with E-state index in [1.165, 1.54) is 0 Å². The summed E-state index contributed by atoms with van der Waals surface area (Å²) >= 11 is 0. The number of aromatic nitrogens is 1. The fourth-order valence-corrected chi connectivity index (χ4v) is 2.52. The van der Waals surface area contributed by atoms with Gasteiger partial charge >= 0.3 is 6.18 Å². The molecule has 0 saturated carbocycles. The van der Waals surface area contributed by atoms with E-state index in [4.69, 9.17) is 0 Å². The van der Waals surface area contributed by atoms with Gasteiger partial charge in [0.1, 0.15) is 5.82 Å². The summed E-state index contributed by atoms with van der Waals surface area (Å²) < 4.78 is 38.6. The first-order valence-corrected chi connectivity index (χ1v) is 7.36. The van der Waals surface area contributed by atoms with E-state index in [9.17, 15) is 13.2 Å². The van der Waals surface area contributed by atoms with Crippen molar-refractivity contribution >= 4 is 5.82 Å². The predicted molar refractivity (Wildman–Crippen MR) is 77.2 cm³/mol. The third-order valence-electron chi connectivity index (χ3n) is 3.73. The maximum atomic E-state index is 12.9. The van der Waals surface area contributed by atoms with Crippen molar-refractivity contribution in [1.29, 1.82) is 0 Å². The fraction of sp³-hybridized carbons (Fsp3) is 0.667. The Morgan fingerprint density at radius 1 is 1.43 bits per heavy atom. The van der Waals surface area contributed by atoms with Gasteiger partial charge < -0.3 is 10.2 Å². The van der Waals surface area contributed by atoms with Crippen molar-refractivity contribution in [1.82, 2.24) is 10.3 Å². The van der Waals surface area contributed by atoms with Crippen molar-refractivity contribution < 1.29 is 13.2 Å². The van der Waals surface area contributed by atoms with Crippen LogP contribution in [0.25, 0.3) is 0 Å². The van der Waals surface area contributed by atoms with Crippen molar-refractivity contribution in [3.63, 3.8) is 0 Å². The molecule has 6 heteroatoms. The highest BCUT2D eigenvalue weighted by Crippen LogP contribution is 2.34. The van der Waals surface area contributed by atoms with E-state index in [0.29, 0.717) is 31.4 Å². The second-order valence-corrected chi connectivity index (χ2v) is 5.88. The smallest absolute Gasteiger partial charge is 0.356 e. The van der Waals surface area contributed by atoms with Crippen LogP contribution in [0.5, 0.6) is 0 Å². The number of alkyl halides is 3. The van der Waals surface area contributed by atoms with Crippen LogP contribution < -0.4 is 10.2 Å². The molecule has 0 aromatic carbocycles. The largest absolute Gasteiger partial charge is 0.393 e. The topological polar surface area (TPSA) is 28.2 Å². The van der Waals surface area contributed by atoms with Crippen LogP contribution in [0.3, 0.4) is 0 Å². The lowest BCUT2D eigenvalue weighted by atomic mass is 9.97. The number of halogens is 3. The maximum absolute atomic E-state index is 12.9. The van der Waals surface area contributed by atoms with Crippen LogP contribution in [0, 0.1) is 5.92 Å². The van der Waals surface area contributed by atoms with Gasteiger partial charge in [-0.3, -0.25) is 0 Å². The maximum Gasteiger partial charge on any atom is 0.393 e. The van der Waals surface area contributed by atoms with Crippen LogP contribution in [0.15, 0.2) is 18.3 Å². The lowest BCUT2D eigenvalue weighted by Gasteiger charge is -2.34. The minimum atomic E-state index is -4.12. The number of hydrogen-bond donors (Lipinski definition) is 1. The average molecular weight is 301 g/mol. The molecular formula is C15H22F3N3. The highest BCUT2D eigenvalue weighted by Gasteiger charge is 2.42. The molecule has 1 aromatic heterocycles. The Hall–Kier alpha value is -1.30. The minimum absolute atomic E-state index is 0.0115. The highest BCUT2D eigenvalue weighted by molar-refractivity contribution is 5.41. The van der Waals surface area contributed by atoms with Crippen LogP contribution in [-0.4, -0.2) is 30.3 Å². The molecule has 0 radical (unpaired) electrons. The van der Waals surface area contributed by atoms with Crippen LogP contribution in [0.2, 0.25) is 0 Å². The Kier molecular flexibility index (Phi) is 5.08. The normalized spacial score (nSPS) is 20.1. The summed E-state index contributed by atoms with van der Waals surface area (Å²) in [6, 6.07) is 4.14. The first-order valence-electron chi connectivity index (χ1n) is 7.36. The number of anilines is 1. The lowest BCUT2D eigenvalue weighted by molar-refractivity contribution is -0.176. The molecular weight excluding hydrogens is 279 g/mol. The molecule has 0 amide bonds. The molecule has 2 rings (SSSR count). The monoisotopic (exact) mass is 301 g/mol. The van der Waals surface area contributed by atoms with Gasteiger partial charge in [-0.2, -0.15) is 13.2 Å². The molecule has 1 aromatic rings. The van der Waals surface area contributed by atoms with Gasteiger partial charge in [-0.25, -0.2) is 4.98 Å². The SMILES string of the molecule is CC(C)NCc1ccnc(N2CCCC(C(F)(F)F)C2)c1. The van der Waals surface area contributed by atoms with Crippen molar-refractivity contribution in [2.45, 2.75) is 45.5 Å². The van der Waals surface area contributed by atoms with Gasteiger partial charge in [0.15, 0.2) is 0 Å². The van der Waals surface area contributed by atoms with E-state index in [1.807, 2.05) is 12.1 Å². The molecule has 1 N–H and O–H groups in total. The Morgan fingerprint density at radius 2 is 2.19 bits per heavy atom. The van der Waals surface area contributed by atoms with Gasteiger partial charge in [0.25, 0.3) is 0 Å². The van der Waals surface area contributed by atoms with Crippen molar-refractivity contribution in [3.8, 4) is 0 Å². The zero-order chi connectivity index (χ0) is 15.5. The fourth-order valence-electron chi connectivity index (χ4n) is 2.52. The molecule has 0 spiro atoms. The Labute approximate surface area is 123 Å². The second kappa shape index (κ2) is 6.64. The molecule has 1 unspecified atom stereocenters. The van der Waals surface area contributed by atoms with Crippen LogP contribution >= 0.6 is 0 Å². The number of nitrogens with one attached hydrogen (secondary N) is 1. The van der Waals surface area contributed by atoms with Crippen LogP contribution in [-0.2, 0) is 6.54 Å². The van der Waals surface area contributed by atoms with E-state index in [0.717, 1.165) is 5.56 Å². The zero-order valence-corrected chi connectivity index (χ0v) is 12.5. The molecule has 0 aliphatic carbocycles. The molecule has 118 valence electrons. The molecule has 1 aliphatic rings. The molecule has 1 atom stereocenters. The summed E-state index contributed by atoms with van der Waals surface area (Å²) in [5.41, 5.74) is 1.04. The summed E-state index contributed by atoms with van der Waals surface area (Å²) in [7, 11) is 0. The van der Waals surface area contributed by atoms with Crippen molar-refractivity contribution in [2.24, 2.45) is 5.92 Å². The van der Waals surface area contributed by atoms with Gasteiger partial charge in [-0.05, 0) is 30.5 Å². The second-order valence-electron chi connectivity index (χ2n) is 5.88. The Balaban J connectivity index is 2.05. The van der Waals surface area contributed by atoms with Crippen molar-refractivity contribution in [3.05, 3.63) is 23.9 Å². The van der Waals surface area contributed by atoms with E-state index in [1.54, 1.807) is 11.1 Å². The van der Waals surface area contributed by atoms with E-state index < -0.39 is 12.1 Å². The quantitative estimate of drug-likeness (QED) is 0.924. The van der Waals surface area contributed by atoms with Gasteiger partial charge in [0, 0.05) is 31.9 Å². The summed E-state index contributed by atoms with van der Waals surface area (Å²) in [5.74, 6) is -0.600. The first-order chi connectivity index (χ1) is 9.86. The summed E-state index contributed by atoms with van der Waals surface area (Å²) in [6.07, 6.45) is -1.67. The Morgan fingerprint density at radius 3 is 2.86 bits per heavy atom. The predicted octanol–water partition coefficient (Wildman–Crippen LogP) is 3.36. The van der Waals surface area contributed by atoms with Crippen LogP contribution in [0.1, 0.15) is 32.3 Å². The summed E-state index contributed by atoms with van der Waals surface area (Å²) in [5, 5.41) is 3.30. The molecule has 21 heavy (non-hydrogen) atoms. The number of pyridine rings is 1. The Bertz CT molecular complexity index is 460. The van der Waals surface area contributed by atoms with Crippen LogP contribution in [0.4, 0.5) is 19.0 Å². The third-order valence-corrected chi connectivity index (χ3v) is 3.73. The molecule has 0 bridgehead atoms. The highest BCUT2D eigenvalue weighted by atomic mass is 19.4. The van der Waals surface area contributed by atoms with Gasteiger partial charge in [-0.15, -0.1) is 0 Å². The molecule has 1 fully saturated rings. The number of piperidine rings is 1. The molecule has 3 nitrogen and oxygen atoms in total. The molecule has 1 aliphatic heterocycles. The minimum Gasteiger partial charge on any atom is -0.356 e. The van der Waals surface area contributed by atoms with E-state index in [2.05, 4.69) is 24.1 Å². The number of rotatable bonds is 4. The van der Waals surface area contributed by atoms with Gasteiger partial charge in [0.2, 0.25) is 0 Å². The summed E-state index contributed by atoms with van der Waals surface area (Å²) in [6.45, 7) is 5.46. The standard InChI is InChI=1S/C15H22F3N3/c1-11(2)20-9-12-5-6-19-14(8-12)21-7-3-4-13(10-21)15(16,17)18/h5-6,8,11,13,20H,3-4,7,9-10H2,1-2H3. The zero-order valence-electron chi connectivity index (χ0n) is 12.5. The summed E-state index contributed by atoms with van der Waals surface area (Å²) in [4.78, 5) is 5.99. The number of nitrogens with zero attached hydrogens (tertiary/aromatic N) is 2. The lowest BCUT2D eigenvalue weighted by Crippen LogP contribution is -2.42.